The molecule has 28 heavy (non-hydrogen) atoms. The molecule has 0 bridgehead atoms. The van der Waals surface area contributed by atoms with Crippen molar-refractivity contribution in [3.8, 4) is 22.6 Å². The fourth-order valence-electron chi connectivity index (χ4n) is 4.22. The summed E-state index contributed by atoms with van der Waals surface area (Å²) in [6, 6.07) is 8.62. The van der Waals surface area contributed by atoms with Gasteiger partial charge in [-0.2, -0.15) is 4.98 Å². The van der Waals surface area contributed by atoms with Crippen LogP contribution in [0.15, 0.2) is 47.4 Å². The molecule has 7 nitrogen and oxygen atoms in total. The first-order valence-electron chi connectivity index (χ1n) is 9.92. The van der Waals surface area contributed by atoms with Crippen LogP contribution in [0.4, 0.5) is 0 Å². The molecule has 5 heterocycles. The van der Waals surface area contributed by atoms with Gasteiger partial charge in [0.2, 0.25) is 11.7 Å². The summed E-state index contributed by atoms with van der Waals surface area (Å²) in [5.74, 6) is 1.32. The summed E-state index contributed by atoms with van der Waals surface area (Å²) in [4.78, 5) is 15.8. The molecule has 0 radical (unpaired) electrons. The first-order valence-corrected chi connectivity index (χ1v) is 9.92. The monoisotopic (exact) mass is 377 g/mol. The number of aromatic nitrogens is 4. The number of hydrogen-bond acceptors (Lipinski definition) is 7. The van der Waals surface area contributed by atoms with Gasteiger partial charge in [0.25, 0.3) is 0 Å². The first kappa shape index (κ1) is 17.5. The van der Waals surface area contributed by atoms with Crippen molar-refractivity contribution in [3.05, 3.63) is 48.7 Å². The van der Waals surface area contributed by atoms with Crippen LogP contribution in [0.3, 0.4) is 0 Å². The van der Waals surface area contributed by atoms with Crippen molar-refractivity contribution < 1.29 is 9.26 Å². The molecule has 2 aliphatic heterocycles. The Labute approximate surface area is 163 Å². The van der Waals surface area contributed by atoms with E-state index in [1.807, 2.05) is 24.3 Å². The predicted molar refractivity (Wildman–Crippen MR) is 103 cm³/mol. The van der Waals surface area contributed by atoms with Crippen LogP contribution in [-0.4, -0.2) is 50.8 Å². The normalized spacial score (nSPS) is 21.2. The maximum atomic E-state index is 5.67. The lowest BCUT2D eigenvalue weighted by atomic mass is 10.1. The molecule has 0 N–H and O–H groups in total. The molecule has 0 saturated carbocycles. The highest BCUT2D eigenvalue weighted by Gasteiger charge is 2.36. The molecule has 3 aromatic rings. The Bertz CT molecular complexity index is 906. The molecule has 7 heteroatoms. The molecule has 2 aliphatic rings. The summed E-state index contributed by atoms with van der Waals surface area (Å²) < 4.78 is 11.2. The average Bonchev–Trinajstić information content (AvgIpc) is 3.45. The van der Waals surface area contributed by atoms with Gasteiger partial charge in [0, 0.05) is 49.0 Å². The number of pyridine rings is 2. The van der Waals surface area contributed by atoms with Gasteiger partial charge in [-0.3, -0.25) is 14.9 Å². The van der Waals surface area contributed by atoms with Gasteiger partial charge >= 0.3 is 0 Å². The highest BCUT2D eigenvalue weighted by atomic mass is 16.5. The van der Waals surface area contributed by atoms with Crippen LogP contribution in [-0.2, 0) is 4.74 Å². The van der Waals surface area contributed by atoms with E-state index >= 15 is 0 Å². The Morgan fingerprint density at radius 1 is 0.964 bits per heavy atom. The minimum absolute atomic E-state index is 0.216. The highest BCUT2D eigenvalue weighted by Crippen LogP contribution is 2.35. The third kappa shape index (κ3) is 3.43. The van der Waals surface area contributed by atoms with E-state index in [9.17, 15) is 0 Å². The number of ether oxygens (including phenoxy) is 1. The lowest BCUT2D eigenvalue weighted by Crippen LogP contribution is -2.39. The van der Waals surface area contributed by atoms with Gasteiger partial charge in [0.1, 0.15) is 0 Å². The number of nitrogens with zero attached hydrogens (tertiary/aromatic N) is 5. The maximum Gasteiger partial charge on any atom is 0.244 e. The molecular formula is C21H23N5O2. The van der Waals surface area contributed by atoms with Crippen molar-refractivity contribution in [2.75, 3.05) is 19.8 Å². The second kappa shape index (κ2) is 7.77. The third-order valence-electron chi connectivity index (χ3n) is 5.68. The molecule has 0 spiro atoms. The number of likely N-dealkylation sites (tertiary alicyclic amines) is 1. The Kier molecular flexibility index (Phi) is 4.85. The van der Waals surface area contributed by atoms with E-state index in [4.69, 9.17) is 14.2 Å². The molecule has 2 fully saturated rings. The van der Waals surface area contributed by atoms with E-state index in [-0.39, 0.29) is 6.04 Å². The van der Waals surface area contributed by atoms with Gasteiger partial charge in [0.05, 0.1) is 11.7 Å². The van der Waals surface area contributed by atoms with Crippen LogP contribution in [0.25, 0.3) is 22.6 Å². The summed E-state index contributed by atoms with van der Waals surface area (Å²) in [5, 5.41) is 4.23. The average molecular weight is 377 g/mol. The second-order valence-electron chi connectivity index (χ2n) is 7.36. The van der Waals surface area contributed by atoms with Crippen molar-refractivity contribution >= 4 is 0 Å². The zero-order valence-electron chi connectivity index (χ0n) is 15.7. The van der Waals surface area contributed by atoms with Gasteiger partial charge in [-0.05, 0) is 56.5 Å². The smallest absolute Gasteiger partial charge is 0.244 e. The largest absolute Gasteiger partial charge is 0.381 e. The van der Waals surface area contributed by atoms with Crippen LogP contribution < -0.4 is 0 Å². The molecule has 144 valence electrons. The summed E-state index contributed by atoms with van der Waals surface area (Å²) in [6.45, 7) is 2.78. The number of rotatable bonds is 4. The molecule has 0 amide bonds. The summed E-state index contributed by atoms with van der Waals surface area (Å²) in [6.07, 6.45) is 9.73. The second-order valence-corrected chi connectivity index (χ2v) is 7.36. The predicted octanol–water partition coefficient (Wildman–Crippen LogP) is 3.51. The van der Waals surface area contributed by atoms with Gasteiger partial charge in [-0.25, -0.2) is 0 Å². The van der Waals surface area contributed by atoms with Gasteiger partial charge < -0.3 is 9.26 Å². The Balaban J connectivity index is 1.34. The zero-order valence-corrected chi connectivity index (χ0v) is 15.7. The standard InChI is InChI=1S/C21H23N5O2/c1-2-19(26(11-1)17-7-12-27-13-8-17)21-24-20(25-28-21)16-3-4-18(23-14-16)15-5-9-22-10-6-15/h3-6,9-10,14,17,19H,1-2,7-8,11-13H2. The third-order valence-corrected chi connectivity index (χ3v) is 5.68. The van der Waals surface area contributed by atoms with Crippen LogP contribution in [0, 0.1) is 0 Å². The van der Waals surface area contributed by atoms with E-state index in [1.54, 1.807) is 18.6 Å². The van der Waals surface area contributed by atoms with Gasteiger partial charge in [0.15, 0.2) is 0 Å². The molecule has 1 atom stereocenters. The van der Waals surface area contributed by atoms with E-state index < -0.39 is 0 Å². The molecule has 0 aliphatic carbocycles. The van der Waals surface area contributed by atoms with Crippen molar-refractivity contribution in [1.82, 2.24) is 25.0 Å². The molecule has 5 rings (SSSR count). The van der Waals surface area contributed by atoms with Gasteiger partial charge in [-0.1, -0.05) is 5.16 Å². The van der Waals surface area contributed by atoms with Crippen LogP contribution in [0.1, 0.15) is 37.6 Å². The van der Waals surface area contributed by atoms with Crippen LogP contribution in [0.5, 0.6) is 0 Å². The number of hydrogen-bond donors (Lipinski definition) is 0. The van der Waals surface area contributed by atoms with E-state index in [1.165, 1.54) is 6.42 Å². The minimum Gasteiger partial charge on any atom is -0.381 e. The summed E-state index contributed by atoms with van der Waals surface area (Å²) in [5.41, 5.74) is 2.80. The molecule has 0 aromatic carbocycles. The van der Waals surface area contributed by atoms with E-state index in [0.29, 0.717) is 11.9 Å². The van der Waals surface area contributed by atoms with Crippen molar-refractivity contribution in [1.29, 1.82) is 0 Å². The van der Waals surface area contributed by atoms with E-state index in [0.717, 1.165) is 61.7 Å². The molecular weight excluding hydrogens is 354 g/mol. The molecule has 2 saturated heterocycles. The zero-order chi connectivity index (χ0) is 18.8. The quantitative estimate of drug-likeness (QED) is 0.688. The lowest BCUT2D eigenvalue weighted by molar-refractivity contribution is 0.0243. The Morgan fingerprint density at radius 3 is 2.61 bits per heavy atom. The Hall–Kier alpha value is -2.64. The molecule has 3 aromatic heterocycles. The van der Waals surface area contributed by atoms with Crippen molar-refractivity contribution in [2.24, 2.45) is 0 Å². The maximum absolute atomic E-state index is 5.67. The lowest BCUT2D eigenvalue weighted by Gasteiger charge is -2.33. The summed E-state index contributed by atoms with van der Waals surface area (Å²) in [7, 11) is 0. The fraction of sp³-hybridized carbons (Fsp3) is 0.429. The Morgan fingerprint density at radius 2 is 1.82 bits per heavy atom. The molecule has 1 unspecified atom stereocenters. The van der Waals surface area contributed by atoms with Crippen LogP contribution >= 0.6 is 0 Å². The summed E-state index contributed by atoms with van der Waals surface area (Å²) >= 11 is 0. The fourth-order valence-corrected chi connectivity index (χ4v) is 4.22. The van der Waals surface area contributed by atoms with Crippen LogP contribution in [0.2, 0.25) is 0 Å². The first-order chi connectivity index (χ1) is 13.9. The van der Waals surface area contributed by atoms with Crippen molar-refractivity contribution in [2.45, 2.75) is 37.8 Å². The van der Waals surface area contributed by atoms with E-state index in [2.05, 4.69) is 20.0 Å². The van der Waals surface area contributed by atoms with Gasteiger partial charge in [-0.15, -0.1) is 0 Å². The topological polar surface area (TPSA) is 77.2 Å². The van der Waals surface area contributed by atoms with Crippen molar-refractivity contribution in [3.63, 3.8) is 0 Å². The highest BCUT2D eigenvalue weighted by molar-refractivity contribution is 5.62. The minimum atomic E-state index is 0.216. The SMILES string of the molecule is c1cc(-c2ccc(-c3noc(C4CCCN4C4CCOCC4)n3)cn2)ccn1.